The van der Waals surface area contributed by atoms with Crippen molar-refractivity contribution in [3.63, 3.8) is 0 Å². The summed E-state index contributed by atoms with van der Waals surface area (Å²) in [5.74, 6) is 1.75. The van der Waals surface area contributed by atoms with Crippen LogP contribution in [-0.2, 0) is 0 Å². The van der Waals surface area contributed by atoms with Crippen molar-refractivity contribution in [3.05, 3.63) is 16.7 Å². The monoisotopic (exact) mass is 269 g/mol. The molecule has 4 heteroatoms. The van der Waals surface area contributed by atoms with E-state index in [0.29, 0.717) is 5.92 Å². The Bertz CT molecular complexity index is 352. The van der Waals surface area contributed by atoms with Crippen molar-refractivity contribution in [2.24, 2.45) is 5.92 Å². The lowest BCUT2D eigenvalue weighted by atomic mass is 10.2. The Balaban J connectivity index is 2.26. The van der Waals surface area contributed by atoms with E-state index in [0.717, 1.165) is 35.6 Å². The minimum absolute atomic E-state index is 0.668. The number of hydrogen-bond acceptors (Lipinski definition) is 3. The number of rotatable bonds is 2. The minimum Gasteiger partial charge on any atom is -0.380 e. The quantitative estimate of drug-likeness (QED) is 0.895. The second kappa shape index (κ2) is 4.39. The molecule has 0 spiro atoms. The number of fused-ring (bicyclic) bond motifs is 1. The molecule has 0 unspecified atom stereocenters. The zero-order valence-electron chi connectivity index (χ0n) is 9.13. The molecule has 0 aliphatic carbocycles. The predicted molar refractivity (Wildman–Crippen MR) is 67.5 cm³/mol. The Morgan fingerprint density at radius 1 is 1.60 bits per heavy atom. The van der Waals surface area contributed by atoms with Crippen LogP contribution in [0, 0.1) is 5.92 Å². The maximum absolute atomic E-state index is 4.47. The molecule has 1 aliphatic rings. The van der Waals surface area contributed by atoms with Crippen LogP contribution < -0.4 is 10.2 Å². The summed E-state index contributed by atoms with van der Waals surface area (Å²) in [5.41, 5.74) is 1.14. The first-order valence-corrected chi connectivity index (χ1v) is 6.10. The Labute approximate surface area is 99.0 Å². The van der Waals surface area contributed by atoms with Gasteiger partial charge in [-0.25, -0.2) is 4.98 Å². The standard InChI is InChI=1S/C11H16BrN3/c1-8(2)7-15-4-3-13-10-5-9(12)6-14-11(10)15/h5-6,8,13H,3-4,7H2,1-2H3. The molecule has 2 heterocycles. The van der Waals surface area contributed by atoms with Gasteiger partial charge in [-0.05, 0) is 27.9 Å². The van der Waals surface area contributed by atoms with E-state index >= 15 is 0 Å². The van der Waals surface area contributed by atoms with Gasteiger partial charge in [0.05, 0.1) is 5.69 Å². The number of hydrogen-bond donors (Lipinski definition) is 1. The molecule has 0 fully saturated rings. The van der Waals surface area contributed by atoms with Gasteiger partial charge in [-0.3, -0.25) is 0 Å². The molecule has 1 aliphatic heterocycles. The van der Waals surface area contributed by atoms with Crippen LogP contribution in [0.5, 0.6) is 0 Å². The first-order chi connectivity index (χ1) is 7.16. The van der Waals surface area contributed by atoms with Crippen LogP contribution in [0.2, 0.25) is 0 Å². The molecule has 1 aromatic rings. The lowest BCUT2D eigenvalue weighted by Gasteiger charge is -2.32. The highest BCUT2D eigenvalue weighted by molar-refractivity contribution is 9.10. The van der Waals surface area contributed by atoms with Gasteiger partial charge >= 0.3 is 0 Å². The Kier molecular flexibility index (Phi) is 3.14. The van der Waals surface area contributed by atoms with Gasteiger partial charge in [0.1, 0.15) is 0 Å². The summed E-state index contributed by atoms with van der Waals surface area (Å²) in [5, 5.41) is 3.37. The molecule has 1 N–H and O–H groups in total. The summed E-state index contributed by atoms with van der Waals surface area (Å²) in [6.45, 7) is 7.59. The molecule has 0 atom stereocenters. The molecule has 2 rings (SSSR count). The van der Waals surface area contributed by atoms with E-state index in [4.69, 9.17) is 0 Å². The Morgan fingerprint density at radius 3 is 3.13 bits per heavy atom. The van der Waals surface area contributed by atoms with Crippen LogP contribution in [0.4, 0.5) is 11.5 Å². The van der Waals surface area contributed by atoms with Crippen molar-refractivity contribution < 1.29 is 0 Å². The van der Waals surface area contributed by atoms with Gasteiger partial charge in [0.25, 0.3) is 0 Å². The predicted octanol–water partition coefficient (Wildman–Crippen LogP) is 2.73. The number of halogens is 1. The summed E-state index contributed by atoms with van der Waals surface area (Å²) < 4.78 is 1.03. The van der Waals surface area contributed by atoms with E-state index in [1.165, 1.54) is 0 Å². The zero-order chi connectivity index (χ0) is 10.8. The number of aromatic nitrogens is 1. The molecule has 0 aromatic carbocycles. The molecule has 0 saturated heterocycles. The molecule has 0 bridgehead atoms. The van der Waals surface area contributed by atoms with E-state index < -0.39 is 0 Å². The van der Waals surface area contributed by atoms with Crippen molar-refractivity contribution in [1.82, 2.24) is 4.98 Å². The first kappa shape index (κ1) is 10.7. The van der Waals surface area contributed by atoms with Crippen LogP contribution in [0.25, 0.3) is 0 Å². The van der Waals surface area contributed by atoms with Gasteiger partial charge in [-0.2, -0.15) is 0 Å². The van der Waals surface area contributed by atoms with E-state index in [9.17, 15) is 0 Å². The van der Waals surface area contributed by atoms with E-state index in [-0.39, 0.29) is 0 Å². The van der Waals surface area contributed by atoms with Crippen LogP contribution in [0.15, 0.2) is 16.7 Å². The van der Waals surface area contributed by atoms with Gasteiger partial charge in [0.15, 0.2) is 5.82 Å². The van der Waals surface area contributed by atoms with Crippen LogP contribution in [-0.4, -0.2) is 24.6 Å². The number of nitrogens with zero attached hydrogens (tertiary/aromatic N) is 2. The van der Waals surface area contributed by atoms with Crippen molar-refractivity contribution >= 4 is 27.4 Å². The maximum atomic E-state index is 4.47. The number of anilines is 2. The fourth-order valence-corrected chi connectivity index (χ4v) is 2.20. The Hall–Kier alpha value is -0.770. The van der Waals surface area contributed by atoms with Crippen molar-refractivity contribution in [2.75, 3.05) is 29.9 Å². The number of nitrogens with one attached hydrogen (secondary N) is 1. The molecule has 0 saturated carbocycles. The molecular formula is C11H16BrN3. The normalized spacial score (nSPS) is 15.1. The van der Waals surface area contributed by atoms with Crippen LogP contribution >= 0.6 is 15.9 Å². The van der Waals surface area contributed by atoms with Crippen molar-refractivity contribution in [2.45, 2.75) is 13.8 Å². The fraction of sp³-hybridized carbons (Fsp3) is 0.545. The van der Waals surface area contributed by atoms with Crippen LogP contribution in [0.3, 0.4) is 0 Å². The maximum Gasteiger partial charge on any atom is 0.152 e. The molecule has 0 radical (unpaired) electrons. The van der Waals surface area contributed by atoms with Gasteiger partial charge in [0.2, 0.25) is 0 Å². The average molecular weight is 270 g/mol. The lowest BCUT2D eigenvalue weighted by molar-refractivity contribution is 0.605. The zero-order valence-corrected chi connectivity index (χ0v) is 10.7. The third kappa shape index (κ3) is 2.43. The summed E-state index contributed by atoms with van der Waals surface area (Å²) >= 11 is 3.44. The summed E-state index contributed by atoms with van der Waals surface area (Å²) in [4.78, 5) is 6.82. The molecule has 15 heavy (non-hydrogen) atoms. The topological polar surface area (TPSA) is 28.2 Å². The third-order valence-corrected chi connectivity index (χ3v) is 2.85. The highest BCUT2D eigenvalue weighted by Gasteiger charge is 2.18. The van der Waals surface area contributed by atoms with Crippen LogP contribution in [0.1, 0.15) is 13.8 Å². The van der Waals surface area contributed by atoms with Crippen molar-refractivity contribution in [1.29, 1.82) is 0 Å². The summed E-state index contributed by atoms with van der Waals surface area (Å²) in [7, 11) is 0. The van der Waals surface area contributed by atoms with E-state index in [2.05, 4.69) is 51.0 Å². The van der Waals surface area contributed by atoms with Gasteiger partial charge in [-0.1, -0.05) is 13.8 Å². The van der Waals surface area contributed by atoms with Gasteiger partial charge < -0.3 is 10.2 Å². The van der Waals surface area contributed by atoms with Gasteiger partial charge in [-0.15, -0.1) is 0 Å². The number of pyridine rings is 1. The van der Waals surface area contributed by atoms with E-state index in [1.54, 1.807) is 0 Å². The molecule has 0 amide bonds. The second-order valence-electron chi connectivity index (χ2n) is 4.29. The SMILES string of the molecule is CC(C)CN1CCNc2cc(Br)cnc21. The molecule has 3 nitrogen and oxygen atoms in total. The highest BCUT2D eigenvalue weighted by atomic mass is 79.9. The molecule has 82 valence electrons. The van der Waals surface area contributed by atoms with E-state index in [1.807, 2.05) is 6.20 Å². The largest absolute Gasteiger partial charge is 0.380 e. The summed E-state index contributed by atoms with van der Waals surface area (Å²) in [6, 6.07) is 2.09. The van der Waals surface area contributed by atoms with Crippen molar-refractivity contribution in [3.8, 4) is 0 Å². The highest BCUT2D eigenvalue weighted by Crippen LogP contribution is 2.29. The molecular weight excluding hydrogens is 254 g/mol. The summed E-state index contributed by atoms with van der Waals surface area (Å²) in [6.07, 6.45) is 1.86. The van der Waals surface area contributed by atoms with Gasteiger partial charge in [0, 0.05) is 30.3 Å². The lowest BCUT2D eigenvalue weighted by Crippen LogP contribution is -2.37. The third-order valence-electron chi connectivity index (χ3n) is 2.42. The average Bonchev–Trinajstić information content (AvgIpc) is 2.16. The first-order valence-electron chi connectivity index (χ1n) is 5.31. The fourth-order valence-electron chi connectivity index (χ4n) is 1.86. The molecule has 1 aromatic heterocycles. The Morgan fingerprint density at radius 2 is 2.40 bits per heavy atom. The smallest absolute Gasteiger partial charge is 0.152 e. The minimum atomic E-state index is 0.668. The second-order valence-corrected chi connectivity index (χ2v) is 5.21.